The van der Waals surface area contributed by atoms with Gasteiger partial charge in [0.1, 0.15) is 3.41 Å². The van der Waals surface area contributed by atoms with Gasteiger partial charge < -0.3 is 0 Å². The third-order valence-electron chi connectivity index (χ3n) is 3.49. The third-order valence-corrected chi connectivity index (χ3v) is 8.89. The molecule has 0 spiro atoms. The molecule has 1 aliphatic heterocycles. The molecule has 104 valence electrons. The summed E-state index contributed by atoms with van der Waals surface area (Å²) in [6.45, 7) is 0. The Kier molecular flexibility index (Phi) is 4.69. The summed E-state index contributed by atoms with van der Waals surface area (Å²) in [4.78, 5) is 0. The molecular formula is C17H18S3. The van der Waals surface area contributed by atoms with Gasteiger partial charge in [0.15, 0.2) is 0 Å². The minimum absolute atomic E-state index is 0.202. The molecule has 1 heterocycles. The summed E-state index contributed by atoms with van der Waals surface area (Å²) in [5, 5.41) is 0. The Hall–Kier alpha value is -0.510. The molecule has 1 saturated heterocycles. The van der Waals surface area contributed by atoms with Crippen LogP contribution in [0.4, 0.5) is 0 Å². The molecular weight excluding hydrogens is 300 g/mol. The van der Waals surface area contributed by atoms with Crippen LogP contribution in [0.5, 0.6) is 0 Å². The molecule has 0 bridgehead atoms. The van der Waals surface area contributed by atoms with Gasteiger partial charge in [-0.1, -0.05) is 54.6 Å². The topological polar surface area (TPSA) is 0 Å². The van der Waals surface area contributed by atoms with Gasteiger partial charge in [0, 0.05) is 0 Å². The zero-order valence-electron chi connectivity index (χ0n) is 11.5. The van der Waals surface area contributed by atoms with Crippen LogP contribution in [0.3, 0.4) is 0 Å². The lowest BCUT2D eigenvalue weighted by molar-refractivity contribution is 1.08. The highest BCUT2D eigenvalue weighted by molar-refractivity contribution is 8.32. The van der Waals surface area contributed by atoms with Gasteiger partial charge in [0.25, 0.3) is 0 Å². The van der Waals surface area contributed by atoms with E-state index >= 15 is 0 Å². The van der Waals surface area contributed by atoms with E-state index in [0.717, 1.165) is 0 Å². The molecule has 3 rings (SSSR count). The molecule has 1 fully saturated rings. The third kappa shape index (κ3) is 2.90. The van der Waals surface area contributed by atoms with Gasteiger partial charge in [-0.2, -0.15) is 0 Å². The second kappa shape index (κ2) is 6.50. The predicted molar refractivity (Wildman–Crippen MR) is 96.6 cm³/mol. The van der Waals surface area contributed by atoms with Gasteiger partial charge in [-0.25, -0.2) is 0 Å². The Morgan fingerprint density at radius 1 is 0.850 bits per heavy atom. The summed E-state index contributed by atoms with van der Waals surface area (Å²) in [5.74, 6) is 2.54. The molecule has 20 heavy (non-hydrogen) atoms. The van der Waals surface area contributed by atoms with Crippen LogP contribution in [0.25, 0.3) is 11.1 Å². The van der Waals surface area contributed by atoms with Crippen LogP contribution in [0, 0.1) is 0 Å². The summed E-state index contributed by atoms with van der Waals surface area (Å²) < 4.78 is 0.202. The van der Waals surface area contributed by atoms with Gasteiger partial charge in [-0.05, 0) is 40.9 Å². The maximum Gasteiger partial charge on any atom is 0.132 e. The Labute approximate surface area is 134 Å². The Morgan fingerprint density at radius 3 is 2.05 bits per heavy atom. The smallest absolute Gasteiger partial charge is 0.132 e. The Balaban J connectivity index is 1.89. The maximum absolute atomic E-state index is 2.31. The molecule has 2 aromatic rings. The fraction of sp³-hybridized carbons (Fsp3) is 0.294. The molecule has 0 unspecified atom stereocenters. The highest BCUT2D eigenvalue weighted by Crippen LogP contribution is 2.57. The largest absolute Gasteiger partial charge is 0.132 e. The highest BCUT2D eigenvalue weighted by atomic mass is 32.3. The minimum atomic E-state index is 0.202. The van der Waals surface area contributed by atoms with Crippen molar-refractivity contribution in [2.24, 2.45) is 0 Å². The quantitative estimate of drug-likeness (QED) is 0.713. The fourth-order valence-electron chi connectivity index (χ4n) is 2.41. The van der Waals surface area contributed by atoms with Crippen LogP contribution in [0.2, 0.25) is 0 Å². The monoisotopic (exact) mass is 318 g/mol. The second-order valence-electron chi connectivity index (χ2n) is 4.75. The molecule has 1 aliphatic rings. The molecule has 0 radical (unpaired) electrons. The van der Waals surface area contributed by atoms with E-state index in [-0.39, 0.29) is 3.41 Å². The van der Waals surface area contributed by atoms with Gasteiger partial charge in [0.2, 0.25) is 0 Å². The molecule has 0 aliphatic carbocycles. The van der Waals surface area contributed by atoms with Crippen LogP contribution in [-0.2, 0) is 3.41 Å². The van der Waals surface area contributed by atoms with E-state index in [1.807, 2.05) is 11.8 Å². The number of benzene rings is 2. The van der Waals surface area contributed by atoms with Gasteiger partial charge in [-0.3, -0.25) is 0 Å². The van der Waals surface area contributed by atoms with Crippen LogP contribution in [-0.4, -0.2) is 17.8 Å². The van der Waals surface area contributed by atoms with Crippen LogP contribution >= 0.6 is 35.3 Å². The van der Waals surface area contributed by atoms with E-state index in [4.69, 9.17) is 0 Å². The van der Waals surface area contributed by atoms with Crippen molar-refractivity contribution >= 4 is 35.3 Å². The van der Waals surface area contributed by atoms with Crippen molar-refractivity contribution in [3.8, 4) is 11.1 Å². The van der Waals surface area contributed by atoms with E-state index < -0.39 is 0 Å². The Bertz CT molecular complexity index is 542. The van der Waals surface area contributed by atoms with Gasteiger partial charge in [-0.15, -0.1) is 35.3 Å². The molecule has 0 aromatic heterocycles. The molecule has 0 amide bonds. The average molecular weight is 319 g/mol. The molecule has 3 heteroatoms. The van der Waals surface area contributed by atoms with Crippen molar-refractivity contribution in [3.63, 3.8) is 0 Å². The number of rotatable bonds is 3. The van der Waals surface area contributed by atoms with Crippen molar-refractivity contribution in [2.45, 2.75) is 9.83 Å². The lowest BCUT2D eigenvalue weighted by Crippen LogP contribution is -2.18. The van der Waals surface area contributed by atoms with Crippen molar-refractivity contribution in [1.82, 2.24) is 0 Å². The van der Waals surface area contributed by atoms with E-state index in [1.165, 1.54) is 34.6 Å². The molecule has 0 N–H and O–H groups in total. The first-order valence-corrected chi connectivity index (χ1v) is 10.0. The molecule has 0 atom stereocenters. The SMILES string of the molecule is CSC1(c2ccc(-c3ccccc3)cc2)SCCCS1. The minimum Gasteiger partial charge on any atom is -0.132 e. The summed E-state index contributed by atoms with van der Waals surface area (Å²) >= 11 is 6.16. The van der Waals surface area contributed by atoms with Crippen molar-refractivity contribution in [3.05, 3.63) is 60.2 Å². The first-order chi connectivity index (χ1) is 9.84. The Morgan fingerprint density at radius 2 is 1.45 bits per heavy atom. The fourth-order valence-corrected chi connectivity index (χ4v) is 6.96. The van der Waals surface area contributed by atoms with Crippen molar-refractivity contribution < 1.29 is 0 Å². The number of hydrogen-bond donors (Lipinski definition) is 0. The van der Waals surface area contributed by atoms with Gasteiger partial charge in [0.05, 0.1) is 0 Å². The summed E-state index contributed by atoms with van der Waals surface area (Å²) in [6.07, 6.45) is 3.57. The summed E-state index contributed by atoms with van der Waals surface area (Å²) in [6, 6.07) is 19.7. The van der Waals surface area contributed by atoms with E-state index in [1.54, 1.807) is 0 Å². The number of hydrogen-bond acceptors (Lipinski definition) is 3. The average Bonchev–Trinajstić information content (AvgIpc) is 2.56. The lowest BCUT2D eigenvalue weighted by Gasteiger charge is -2.34. The molecule has 2 aromatic carbocycles. The summed E-state index contributed by atoms with van der Waals surface area (Å²) in [7, 11) is 0. The first-order valence-electron chi connectivity index (χ1n) is 6.83. The second-order valence-corrected chi connectivity index (χ2v) is 9.17. The van der Waals surface area contributed by atoms with Crippen LogP contribution in [0.15, 0.2) is 54.6 Å². The van der Waals surface area contributed by atoms with E-state index in [2.05, 4.69) is 84.4 Å². The van der Waals surface area contributed by atoms with Gasteiger partial charge >= 0.3 is 0 Å². The molecule has 0 saturated carbocycles. The van der Waals surface area contributed by atoms with Crippen molar-refractivity contribution in [1.29, 1.82) is 0 Å². The van der Waals surface area contributed by atoms with Crippen molar-refractivity contribution in [2.75, 3.05) is 17.8 Å². The normalized spacial score (nSPS) is 17.9. The zero-order valence-corrected chi connectivity index (χ0v) is 14.0. The van der Waals surface area contributed by atoms with Crippen LogP contribution in [0.1, 0.15) is 12.0 Å². The van der Waals surface area contributed by atoms with E-state index in [0.29, 0.717) is 0 Å². The highest BCUT2D eigenvalue weighted by Gasteiger charge is 2.34. The number of thioether (sulfide) groups is 3. The molecule has 0 nitrogen and oxygen atoms in total. The maximum atomic E-state index is 2.31. The van der Waals surface area contributed by atoms with Crippen LogP contribution < -0.4 is 0 Å². The zero-order chi connectivity index (χ0) is 13.8. The summed E-state index contributed by atoms with van der Waals surface area (Å²) in [5.41, 5.74) is 4.04. The predicted octanol–water partition coefficient (Wildman–Crippen LogP) is 5.70. The lowest BCUT2D eigenvalue weighted by atomic mass is 10.0. The standard InChI is InChI=1S/C17H18S3/c1-18-17(19-12-5-13-20-17)16-10-8-15(9-11-16)14-6-3-2-4-7-14/h2-4,6-11H,5,12-13H2,1H3. The van der Waals surface area contributed by atoms with E-state index in [9.17, 15) is 0 Å². The first kappa shape index (κ1) is 14.4.